The Balaban J connectivity index is 1.42. The van der Waals surface area contributed by atoms with Gasteiger partial charge in [0.2, 0.25) is 17.7 Å². The number of rotatable bonds is 3. The molecule has 4 aliphatic rings. The molecule has 4 atom stereocenters. The fourth-order valence-electron chi connectivity index (χ4n) is 6.32. The van der Waals surface area contributed by atoms with E-state index in [0.717, 1.165) is 36.2 Å². The van der Waals surface area contributed by atoms with Crippen molar-refractivity contribution < 1.29 is 14.4 Å². The minimum Gasteiger partial charge on any atom is -0.324 e. The number of nitrogens with one attached hydrogen (secondary N) is 1. The first-order valence-electron chi connectivity index (χ1n) is 10.7. The van der Waals surface area contributed by atoms with Crippen molar-refractivity contribution in [2.24, 2.45) is 11.8 Å². The predicted octanol–water partition coefficient (Wildman–Crippen LogP) is 2.16. The molecule has 6 heteroatoms. The Hall–Kier alpha value is -2.99. The Labute approximate surface area is 174 Å². The van der Waals surface area contributed by atoms with E-state index >= 15 is 0 Å². The minimum atomic E-state index is -1.06. The summed E-state index contributed by atoms with van der Waals surface area (Å²) in [5.41, 5.74) is 1.64. The third kappa shape index (κ3) is 2.09. The summed E-state index contributed by atoms with van der Waals surface area (Å²) in [7, 11) is 0. The predicted molar refractivity (Wildman–Crippen MR) is 110 cm³/mol. The third-order valence-electron chi connectivity index (χ3n) is 7.46. The molecule has 1 spiro atoms. The number of carbonyl (C=O) groups excluding carboxylic acids is 3. The highest BCUT2D eigenvalue weighted by Crippen LogP contribution is 2.60. The van der Waals surface area contributed by atoms with Gasteiger partial charge in [0.05, 0.1) is 11.8 Å². The van der Waals surface area contributed by atoms with E-state index in [0.29, 0.717) is 13.0 Å². The largest absolute Gasteiger partial charge is 0.324 e. The number of imide groups is 1. The number of hydrogen-bond acceptors (Lipinski definition) is 4. The van der Waals surface area contributed by atoms with Crippen LogP contribution in [0.5, 0.6) is 0 Å². The fraction of sp³-hybridized carbons (Fsp3) is 0.375. The highest BCUT2D eigenvalue weighted by atomic mass is 16.2. The third-order valence-corrected chi connectivity index (χ3v) is 7.46. The zero-order chi connectivity index (χ0) is 20.5. The molecule has 2 unspecified atom stereocenters. The number of para-hydroxylation sites is 1. The van der Waals surface area contributed by atoms with Crippen LogP contribution < -0.4 is 5.32 Å². The Morgan fingerprint density at radius 2 is 1.73 bits per heavy atom. The molecular weight excluding hydrogens is 378 g/mol. The summed E-state index contributed by atoms with van der Waals surface area (Å²) in [6.45, 7) is 1.10. The lowest BCUT2D eigenvalue weighted by molar-refractivity contribution is -0.145. The van der Waals surface area contributed by atoms with Gasteiger partial charge in [0.25, 0.3) is 0 Å². The van der Waals surface area contributed by atoms with Gasteiger partial charge >= 0.3 is 0 Å². The second kappa shape index (κ2) is 6.25. The topological polar surface area (TPSA) is 69.7 Å². The van der Waals surface area contributed by atoms with E-state index < -0.39 is 17.4 Å². The van der Waals surface area contributed by atoms with Crippen LogP contribution >= 0.6 is 0 Å². The van der Waals surface area contributed by atoms with Crippen LogP contribution in [0, 0.1) is 11.8 Å². The van der Waals surface area contributed by atoms with Gasteiger partial charge in [-0.2, -0.15) is 0 Å². The molecule has 2 aromatic carbocycles. The molecule has 0 radical (unpaired) electrons. The number of anilines is 1. The van der Waals surface area contributed by atoms with Crippen molar-refractivity contribution >= 4 is 23.4 Å². The van der Waals surface area contributed by atoms with Crippen LogP contribution in [0.2, 0.25) is 0 Å². The van der Waals surface area contributed by atoms with Gasteiger partial charge in [0.1, 0.15) is 5.54 Å². The van der Waals surface area contributed by atoms with Crippen molar-refractivity contribution in [3.63, 3.8) is 0 Å². The number of amides is 3. The van der Waals surface area contributed by atoms with Gasteiger partial charge in [0, 0.05) is 23.8 Å². The quantitative estimate of drug-likeness (QED) is 0.801. The molecular formula is C24H23N3O3. The van der Waals surface area contributed by atoms with Crippen molar-refractivity contribution in [3.8, 4) is 0 Å². The summed E-state index contributed by atoms with van der Waals surface area (Å²) in [6, 6.07) is 17.5. The molecule has 3 saturated heterocycles. The molecule has 0 aromatic heterocycles. The molecule has 2 aromatic rings. The van der Waals surface area contributed by atoms with Gasteiger partial charge in [0.15, 0.2) is 0 Å². The van der Waals surface area contributed by atoms with E-state index in [1.165, 1.54) is 4.90 Å². The molecule has 3 fully saturated rings. The Morgan fingerprint density at radius 1 is 0.967 bits per heavy atom. The van der Waals surface area contributed by atoms with Crippen LogP contribution in [-0.2, 0) is 26.3 Å². The molecule has 0 aliphatic carbocycles. The second-order valence-corrected chi connectivity index (χ2v) is 8.74. The SMILES string of the molecule is O=C1[C@@H]2C3CCCN3C3(C(=O)Nc4ccccc43)[C@@H]2C(=O)N1CCc1ccccc1. The highest BCUT2D eigenvalue weighted by Gasteiger charge is 2.74. The molecule has 0 saturated carbocycles. The smallest absolute Gasteiger partial charge is 0.250 e. The zero-order valence-corrected chi connectivity index (χ0v) is 16.6. The average Bonchev–Trinajstić information content (AvgIpc) is 3.46. The molecule has 152 valence electrons. The average molecular weight is 401 g/mol. The normalized spacial score (nSPS) is 31.9. The first-order chi connectivity index (χ1) is 14.6. The van der Waals surface area contributed by atoms with E-state index in [4.69, 9.17) is 0 Å². The zero-order valence-electron chi connectivity index (χ0n) is 16.6. The summed E-state index contributed by atoms with van der Waals surface area (Å²) < 4.78 is 0. The van der Waals surface area contributed by atoms with Crippen molar-refractivity contribution in [2.75, 3.05) is 18.4 Å². The van der Waals surface area contributed by atoms with Crippen molar-refractivity contribution in [1.29, 1.82) is 0 Å². The number of benzene rings is 2. The first-order valence-corrected chi connectivity index (χ1v) is 10.7. The van der Waals surface area contributed by atoms with E-state index in [1.54, 1.807) is 0 Å². The van der Waals surface area contributed by atoms with Crippen LogP contribution in [0.25, 0.3) is 0 Å². The number of carbonyl (C=O) groups is 3. The maximum atomic E-state index is 13.7. The summed E-state index contributed by atoms with van der Waals surface area (Å²) in [4.78, 5) is 44.2. The molecule has 1 N–H and O–H groups in total. The van der Waals surface area contributed by atoms with Crippen LogP contribution in [0.1, 0.15) is 24.0 Å². The lowest BCUT2D eigenvalue weighted by Gasteiger charge is -2.36. The van der Waals surface area contributed by atoms with Crippen LogP contribution in [0.3, 0.4) is 0 Å². The van der Waals surface area contributed by atoms with E-state index in [9.17, 15) is 14.4 Å². The number of fused-ring (bicyclic) bond motifs is 7. The van der Waals surface area contributed by atoms with Gasteiger partial charge < -0.3 is 5.32 Å². The fourth-order valence-corrected chi connectivity index (χ4v) is 6.32. The van der Waals surface area contributed by atoms with Gasteiger partial charge in [-0.3, -0.25) is 24.2 Å². The van der Waals surface area contributed by atoms with E-state index in [2.05, 4.69) is 10.2 Å². The lowest BCUT2D eigenvalue weighted by atomic mass is 9.75. The number of nitrogens with zero attached hydrogens (tertiary/aromatic N) is 2. The minimum absolute atomic E-state index is 0.0509. The Kier molecular flexibility index (Phi) is 3.72. The molecule has 6 rings (SSSR count). The van der Waals surface area contributed by atoms with Gasteiger partial charge in [-0.15, -0.1) is 0 Å². The van der Waals surface area contributed by atoms with Gasteiger partial charge in [-0.05, 0) is 37.4 Å². The molecule has 30 heavy (non-hydrogen) atoms. The summed E-state index contributed by atoms with van der Waals surface area (Å²) in [6.07, 6.45) is 2.42. The van der Waals surface area contributed by atoms with E-state index in [-0.39, 0.29) is 23.8 Å². The van der Waals surface area contributed by atoms with Gasteiger partial charge in [-0.1, -0.05) is 48.5 Å². The van der Waals surface area contributed by atoms with E-state index in [1.807, 2.05) is 54.6 Å². The Morgan fingerprint density at radius 3 is 2.57 bits per heavy atom. The monoisotopic (exact) mass is 401 g/mol. The molecule has 6 nitrogen and oxygen atoms in total. The van der Waals surface area contributed by atoms with Crippen molar-refractivity contribution in [3.05, 3.63) is 65.7 Å². The molecule has 4 aliphatic heterocycles. The standard InChI is InChI=1S/C24H23N3O3/c28-21-19-18-11-6-13-27(18)24(16-9-4-5-10-17(16)25-23(24)30)20(19)22(29)26(21)14-12-15-7-2-1-3-8-15/h1-5,7-10,18-20H,6,11-14H2,(H,25,30)/t18?,19-,20+,24?/m1/s1. The highest BCUT2D eigenvalue weighted by molar-refractivity contribution is 6.15. The van der Waals surface area contributed by atoms with Crippen LogP contribution in [0.4, 0.5) is 5.69 Å². The first kappa shape index (κ1) is 17.8. The van der Waals surface area contributed by atoms with Crippen LogP contribution in [-0.4, -0.2) is 46.7 Å². The maximum Gasteiger partial charge on any atom is 0.250 e. The lowest BCUT2D eigenvalue weighted by Crippen LogP contribution is -2.54. The van der Waals surface area contributed by atoms with Crippen molar-refractivity contribution in [2.45, 2.75) is 30.8 Å². The molecule has 0 bridgehead atoms. The summed E-state index contributed by atoms with van der Waals surface area (Å²) in [5.74, 6) is -1.54. The summed E-state index contributed by atoms with van der Waals surface area (Å²) in [5, 5.41) is 3.00. The maximum absolute atomic E-state index is 13.7. The Bertz CT molecular complexity index is 1070. The molecule has 3 amide bonds. The molecule has 4 heterocycles. The number of likely N-dealkylation sites (tertiary alicyclic amines) is 1. The summed E-state index contributed by atoms with van der Waals surface area (Å²) >= 11 is 0. The van der Waals surface area contributed by atoms with Crippen molar-refractivity contribution in [1.82, 2.24) is 9.80 Å². The van der Waals surface area contributed by atoms with Crippen LogP contribution in [0.15, 0.2) is 54.6 Å². The second-order valence-electron chi connectivity index (χ2n) is 8.74. The van der Waals surface area contributed by atoms with Gasteiger partial charge in [-0.25, -0.2) is 0 Å². The number of hydrogen-bond donors (Lipinski definition) is 1.